The Morgan fingerprint density at radius 3 is 2.55 bits per heavy atom. The number of nitrogens with one attached hydrogen (secondary N) is 1. The molecule has 1 heterocycles. The van der Waals surface area contributed by atoms with Gasteiger partial charge < -0.3 is 10.1 Å². The fraction of sp³-hybridized carbons (Fsp3) is 0.667. The van der Waals surface area contributed by atoms with Gasteiger partial charge in [0, 0.05) is 24.1 Å². The van der Waals surface area contributed by atoms with E-state index in [1.807, 2.05) is 0 Å². The quantitative estimate of drug-likeness (QED) is 0.859. The lowest BCUT2D eigenvalue weighted by Gasteiger charge is -2.39. The molecule has 2 unspecified atom stereocenters. The van der Waals surface area contributed by atoms with Gasteiger partial charge in [-0.1, -0.05) is 32.0 Å². The first-order valence-corrected chi connectivity index (χ1v) is 7.89. The predicted molar refractivity (Wildman–Crippen MR) is 83.1 cm³/mol. The molecule has 20 heavy (non-hydrogen) atoms. The van der Waals surface area contributed by atoms with Crippen molar-refractivity contribution in [2.45, 2.75) is 71.1 Å². The second-order valence-corrected chi connectivity index (χ2v) is 7.93. The van der Waals surface area contributed by atoms with E-state index in [1.54, 1.807) is 0 Å². The van der Waals surface area contributed by atoms with Crippen molar-refractivity contribution in [1.82, 2.24) is 5.32 Å². The van der Waals surface area contributed by atoms with Crippen LogP contribution in [-0.4, -0.2) is 11.6 Å². The molecule has 2 atom stereocenters. The molecule has 0 bridgehead atoms. The summed E-state index contributed by atoms with van der Waals surface area (Å²) in [5, 5.41) is 3.91. The summed E-state index contributed by atoms with van der Waals surface area (Å²) in [5.74, 6) is 1.05. The van der Waals surface area contributed by atoms with E-state index in [-0.39, 0.29) is 5.60 Å². The lowest BCUT2D eigenvalue weighted by atomic mass is 9.88. The van der Waals surface area contributed by atoms with Crippen LogP contribution < -0.4 is 10.1 Å². The van der Waals surface area contributed by atoms with Crippen LogP contribution in [0.15, 0.2) is 24.3 Å². The molecule has 0 spiro atoms. The predicted octanol–water partition coefficient (Wildman–Crippen LogP) is 4.46. The highest BCUT2D eigenvalue weighted by atomic mass is 16.5. The normalized spacial score (nSPS) is 30.6. The minimum absolute atomic E-state index is 0.0832. The van der Waals surface area contributed by atoms with Gasteiger partial charge in [-0.15, -0.1) is 0 Å². The molecule has 0 saturated heterocycles. The lowest BCUT2D eigenvalue weighted by molar-refractivity contribution is 0.0635. The molecule has 0 radical (unpaired) electrons. The van der Waals surface area contributed by atoms with Crippen LogP contribution in [0, 0.1) is 5.41 Å². The standard InChI is InChI=1S/C18H27NO/c1-17(2)10-9-13(11-17)19-15-12-18(3,4)20-16-8-6-5-7-14(15)16/h5-8,13,15,19H,9-12H2,1-4H3. The zero-order valence-electron chi connectivity index (χ0n) is 13.2. The number of hydrogen-bond donors (Lipinski definition) is 1. The number of ether oxygens (including phenoxy) is 1. The van der Waals surface area contributed by atoms with Crippen LogP contribution in [0.3, 0.4) is 0 Å². The molecular formula is C18H27NO. The molecule has 3 rings (SSSR count). The zero-order valence-corrected chi connectivity index (χ0v) is 13.2. The third-order valence-corrected chi connectivity index (χ3v) is 4.78. The summed E-state index contributed by atoms with van der Waals surface area (Å²) in [7, 11) is 0. The van der Waals surface area contributed by atoms with Crippen LogP contribution in [0.25, 0.3) is 0 Å². The minimum Gasteiger partial charge on any atom is -0.487 e. The minimum atomic E-state index is -0.0832. The topological polar surface area (TPSA) is 21.3 Å². The molecule has 110 valence electrons. The van der Waals surface area contributed by atoms with E-state index in [1.165, 1.54) is 24.8 Å². The summed E-state index contributed by atoms with van der Waals surface area (Å²) in [5.41, 5.74) is 1.74. The lowest BCUT2D eigenvalue weighted by Crippen LogP contribution is -2.42. The number of hydrogen-bond acceptors (Lipinski definition) is 2. The maximum Gasteiger partial charge on any atom is 0.124 e. The van der Waals surface area contributed by atoms with Gasteiger partial charge in [0.25, 0.3) is 0 Å². The smallest absolute Gasteiger partial charge is 0.124 e. The summed E-state index contributed by atoms with van der Waals surface area (Å²) >= 11 is 0. The Hall–Kier alpha value is -1.02. The zero-order chi connectivity index (χ0) is 14.4. The van der Waals surface area contributed by atoms with Gasteiger partial charge in [0.05, 0.1) is 0 Å². The van der Waals surface area contributed by atoms with E-state index in [2.05, 4.69) is 57.3 Å². The second-order valence-electron chi connectivity index (χ2n) is 7.93. The van der Waals surface area contributed by atoms with Gasteiger partial charge in [-0.25, -0.2) is 0 Å². The first kappa shape index (κ1) is 13.9. The second kappa shape index (κ2) is 4.77. The number of rotatable bonds is 2. The Kier molecular flexibility index (Phi) is 3.32. The van der Waals surface area contributed by atoms with Gasteiger partial charge in [-0.3, -0.25) is 0 Å². The van der Waals surface area contributed by atoms with Gasteiger partial charge in [0.1, 0.15) is 11.4 Å². The molecule has 1 aromatic rings. The summed E-state index contributed by atoms with van der Waals surface area (Å²) in [6.45, 7) is 9.15. The molecule has 0 amide bonds. The molecule has 2 heteroatoms. The van der Waals surface area contributed by atoms with E-state index in [4.69, 9.17) is 4.74 Å². The van der Waals surface area contributed by atoms with Gasteiger partial charge in [0.2, 0.25) is 0 Å². The number of para-hydroxylation sites is 1. The van der Waals surface area contributed by atoms with Crippen molar-refractivity contribution in [2.75, 3.05) is 0 Å². The molecule has 1 aromatic carbocycles. The van der Waals surface area contributed by atoms with Crippen molar-refractivity contribution >= 4 is 0 Å². The molecule has 0 aromatic heterocycles. The van der Waals surface area contributed by atoms with Crippen molar-refractivity contribution in [3.63, 3.8) is 0 Å². The highest BCUT2D eigenvalue weighted by Crippen LogP contribution is 2.42. The van der Waals surface area contributed by atoms with E-state index < -0.39 is 0 Å². The first-order valence-electron chi connectivity index (χ1n) is 7.89. The Morgan fingerprint density at radius 1 is 1.10 bits per heavy atom. The number of fused-ring (bicyclic) bond motifs is 1. The van der Waals surface area contributed by atoms with Gasteiger partial charge in [-0.05, 0) is 44.6 Å². The van der Waals surface area contributed by atoms with Crippen LogP contribution in [0.5, 0.6) is 5.75 Å². The highest BCUT2D eigenvalue weighted by Gasteiger charge is 2.37. The maximum absolute atomic E-state index is 6.11. The summed E-state index contributed by atoms with van der Waals surface area (Å²) in [6, 6.07) is 9.57. The molecule has 1 aliphatic carbocycles. The maximum atomic E-state index is 6.11. The SMILES string of the molecule is CC1(C)CCC(NC2CC(C)(C)Oc3ccccc32)C1. The number of benzene rings is 1. The van der Waals surface area contributed by atoms with Gasteiger partial charge in [0.15, 0.2) is 0 Å². The average molecular weight is 273 g/mol. The summed E-state index contributed by atoms with van der Waals surface area (Å²) in [6.07, 6.45) is 4.96. The van der Waals surface area contributed by atoms with E-state index in [0.29, 0.717) is 17.5 Å². The first-order chi connectivity index (χ1) is 9.35. The Morgan fingerprint density at radius 2 is 1.85 bits per heavy atom. The van der Waals surface area contributed by atoms with Gasteiger partial charge in [-0.2, -0.15) is 0 Å². The monoisotopic (exact) mass is 273 g/mol. The van der Waals surface area contributed by atoms with Gasteiger partial charge >= 0.3 is 0 Å². The largest absolute Gasteiger partial charge is 0.487 e. The Balaban J connectivity index is 1.79. The van der Waals surface area contributed by atoms with Crippen LogP contribution in [0.2, 0.25) is 0 Å². The average Bonchev–Trinajstić information content (AvgIpc) is 2.67. The van der Waals surface area contributed by atoms with Crippen molar-refractivity contribution in [1.29, 1.82) is 0 Å². The fourth-order valence-electron chi connectivity index (χ4n) is 3.81. The fourth-order valence-corrected chi connectivity index (χ4v) is 3.81. The van der Waals surface area contributed by atoms with Crippen LogP contribution in [0.4, 0.5) is 0 Å². The van der Waals surface area contributed by atoms with Crippen molar-refractivity contribution in [3.05, 3.63) is 29.8 Å². The van der Waals surface area contributed by atoms with Crippen molar-refractivity contribution in [3.8, 4) is 5.75 Å². The van der Waals surface area contributed by atoms with E-state index in [0.717, 1.165) is 12.2 Å². The third kappa shape index (κ3) is 2.85. The molecule has 2 nitrogen and oxygen atoms in total. The molecular weight excluding hydrogens is 246 g/mol. The molecule has 1 fully saturated rings. The van der Waals surface area contributed by atoms with Crippen molar-refractivity contribution in [2.24, 2.45) is 5.41 Å². The van der Waals surface area contributed by atoms with Crippen molar-refractivity contribution < 1.29 is 4.74 Å². The molecule has 2 aliphatic rings. The highest BCUT2D eigenvalue weighted by molar-refractivity contribution is 5.38. The van der Waals surface area contributed by atoms with Crippen LogP contribution in [-0.2, 0) is 0 Å². The van der Waals surface area contributed by atoms with E-state index in [9.17, 15) is 0 Å². The van der Waals surface area contributed by atoms with Crippen LogP contribution in [0.1, 0.15) is 65.0 Å². The third-order valence-electron chi connectivity index (χ3n) is 4.78. The molecule has 1 saturated carbocycles. The van der Waals surface area contributed by atoms with E-state index >= 15 is 0 Å². The van der Waals surface area contributed by atoms with Crippen LogP contribution >= 0.6 is 0 Å². The Labute approximate surface area is 122 Å². The summed E-state index contributed by atoms with van der Waals surface area (Å²) < 4.78 is 6.11. The Bertz CT molecular complexity index is 492. The summed E-state index contributed by atoms with van der Waals surface area (Å²) in [4.78, 5) is 0. The molecule has 1 aliphatic heterocycles. The molecule has 1 N–H and O–H groups in total.